The van der Waals surface area contributed by atoms with Gasteiger partial charge in [-0.05, 0) is 45.9 Å². The van der Waals surface area contributed by atoms with Gasteiger partial charge in [-0.25, -0.2) is 4.39 Å². The Morgan fingerprint density at radius 1 is 1.22 bits per heavy atom. The first-order chi connectivity index (χ1) is 8.49. The van der Waals surface area contributed by atoms with Crippen molar-refractivity contribution in [1.82, 2.24) is 4.57 Å². The molecule has 0 fully saturated rings. The Bertz CT molecular complexity index is 543. The Labute approximate surface area is 107 Å². The molecular weight excluding hydrogens is 229 g/mol. The minimum atomic E-state index is -0.199. The van der Waals surface area contributed by atoms with Crippen molar-refractivity contribution in [3.05, 3.63) is 35.8 Å². The van der Waals surface area contributed by atoms with E-state index >= 15 is 0 Å². The highest BCUT2D eigenvalue weighted by molar-refractivity contribution is 5.84. The Balaban J connectivity index is 2.48. The number of hydrogen-bond donors (Lipinski definition) is 0. The van der Waals surface area contributed by atoms with Crippen molar-refractivity contribution in [3.8, 4) is 0 Å². The number of halogens is 1. The summed E-state index contributed by atoms with van der Waals surface area (Å²) in [6.45, 7) is 8.77. The second-order valence-electron chi connectivity index (χ2n) is 5.18. The maximum absolute atomic E-state index is 13.4. The predicted molar refractivity (Wildman–Crippen MR) is 72.2 cm³/mol. The van der Waals surface area contributed by atoms with Crippen LogP contribution in [0.4, 0.5) is 4.39 Å². The topological polar surface area (TPSA) is 14.2 Å². The number of rotatable bonds is 4. The van der Waals surface area contributed by atoms with E-state index < -0.39 is 0 Å². The summed E-state index contributed by atoms with van der Waals surface area (Å²) in [7, 11) is 0. The SMILES string of the molecule is CC(C)OCc1cn(C(C)C)c2ccc(F)cc12. The van der Waals surface area contributed by atoms with E-state index in [1.165, 1.54) is 6.07 Å². The van der Waals surface area contributed by atoms with Gasteiger partial charge in [0.05, 0.1) is 12.7 Å². The largest absolute Gasteiger partial charge is 0.374 e. The smallest absolute Gasteiger partial charge is 0.123 e. The lowest BCUT2D eigenvalue weighted by Gasteiger charge is -2.08. The number of fused-ring (bicyclic) bond motifs is 1. The molecule has 1 heterocycles. The van der Waals surface area contributed by atoms with Crippen LogP contribution in [0.2, 0.25) is 0 Å². The van der Waals surface area contributed by atoms with E-state index in [0.29, 0.717) is 12.6 Å². The highest BCUT2D eigenvalue weighted by atomic mass is 19.1. The lowest BCUT2D eigenvalue weighted by atomic mass is 10.2. The molecule has 0 aliphatic rings. The lowest BCUT2D eigenvalue weighted by Crippen LogP contribution is -2.02. The quantitative estimate of drug-likeness (QED) is 0.788. The highest BCUT2D eigenvalue weighted by Crippen LogP contribution is 2.26. The van der Waals surface area contributed by atoms with Crippen molar-refractivity contribution in [2.24, 2.45) is 0 Å². The van der Waals surface area contributed by atoms with Crippen molar-refractivity contribution in [2.45, 2.75) is 46.4 Å². The van der Waals surface area contributed by atoms with Crippen molar-refractivity contribution in [2.75, 3.05) is 0 Å². The molecule has 0 saturated carbocycles. The van der Waals surface area contributed by atoms with Gasteiger partial charge in [0.15, 0.2) is 0 Å². The second-order valence-corrected chi connectivity index (χ2v) is 5.18. The molecule has 18 heavy (non-hydrogen) atoms. The van der Waals surface area contributed by atoms with Gasteiger partial charge in [0.1, 0.15) is 5.82 Å². The van der Waals surface area contributed by atoms with Crippen molar-refractivity contribution >= 4 is 10.9 Å². The third-order valence-electron chi connectivity index (χ3n) is 3.01. The Kier molecular flexibility index (Phi) is 3.71. The van der Waals surface area contributed by atoms with Gasteiger partial charge in [0, 0.05) is 28.7 Å². The van der Waals surface area contributed by atoms with Gasteiger partial charge in [0.25, 0.3) is 0 Å². The first-order valence-electron chi connectivity index (χ1n) is 6.39. The van der Waals surface area contributed by atoms with Crippen LogP contribution >= 0.6 is 0 Å². The van der Waals surface area contributed by atoms with Crippen LogP contribution in [-0.4, -0.2) is 10.7 Å². The maximum atomic E-state index is 13.4. The lowest BCUT2D eigenvalue weighted by molar-refractivity contribution is 0.0663. The average Bonchev–Trinajstić information content (AvgIpc) is 2.64. The second kappa shape index (κ2) is 5.11. The number of nitrogens with zero attached hydrogens (tertiary/aromatic N) is 1. The zero-order valence-corrected chi connectivity index (χ0v) is 11.4. The molecule has 2 nitrogen and oxygen atoms in total. The number of benzene rings is 1. The van der Waals surface area contributed by atoms with Crippen LogP contribution in [0, 0.1) is 5.82 Å². The number of hydrogen-bond acceptors (Lipinski definition) is 1. The molecule has 0 amide bonds. The van der Waals surface area contributed by atoms with Crippen molar-refractivity contribution in [1.29, 1.82) is 0 Å². The van der Waals surface area contributed by atoms with Crippen molar-refractivity contribution < 1.29 is 9.13 Å². The fourth-order valence-corrected chi connectivity index (χ4v) is 2.10. The van der Waals surface area contributed by atoms with Crippen LogP contribution in [0.3, 0.4) is 0 Å². The summed E-state index contributed by atoms with van der Waals surface area (Å²) in [6.07, 6.45) is 2.24. The summed E-state index contributed by atoms with van der Waals surface area (Å²) in [5.74, 6) is -0.199. The summed E-state index contributed by atoms with van der Waals surface area (Å²) in [6, 6.07) is 5.29. The third-order valence-corrected chi connectivity index (χ3v) is 3.01. The molecule has 0 radical (unpaired) electrons. The van der Waals surface area contributed by atoms with Gasteiger partial charge in [-0.2, -0.15) is 0 Å². The van der Waals surface area contributed by atoms with E-state index in [1.54, 1.807) is 6.07 Å². The normalized spacial score (nSPS) is 11.9. The minimum Gasteiger partial charge on any atom is -0.374 e. The first kappa shape index (κ1) is 13.1. The van der Waals surface area contributed by atoms with Crippen LogP contribution in [0.15, 0.2) is 24.4 Å². The van der Waals surface area contributed by atoms with E-state index in [4.69, 9.17) is 4.74 Å². The standard InChI is InChI=1S/C15H20FNO/c1-10(2)17-8-12(9-18-11(3)4)14-7-13(16)5-6-15(14)17/h5-8,10-11H,9H2,1-4H3. The summed E-state index contributed by atoms with van der Waals surface area (Å²) in [4.78, 5) is 0. The van der Waals surface area contributed by atoms with E-state index in [1.807, 2.05) is 19.9 Å². The zero-order valence-electron chi connectivity index (χ0n) is 11.4. The molecule has 0 unspecified atom stereocenters. The first-order valence-corrected chi connectivity index (χ1v) is 6.39. The van der Waals surface area contributed by atoms with Gasteiger partial charge < -0.3 is 9.30 Å². The van der Waals surface area contributed by atoms with Gasteiger partial charge in [-0.1, -0.05) is 0 Å². The van der Waals surface area contributed by atoms with E-state index in [2.05, 4.69) is 24.6 Å². The Morgan fingerprint density at radius 2 is 1.94 bits per heavy atom. The van der Waals surface area contributed by atoms with Gasteiger partial charge in [0.2, 0.25) is 0 Å². The molecule has 0 bridgehead atoms. The van der Waals surface area contributed by atoms with Gasteiger partial charge in [-0.15, -0.1) is 0 Å². The van der Waals surface area contributed by atoms with Crippen molar-refractivity contribution in [3.63, 3.8) is 0 Å². The van der Waals surface area contributed by atoms with Gasteiger partial charge >= 0.3 is 0 Å². The number of ether oxygens (including phenoxy) is 1. The summed E-state index contributed by atoms with van der Waals surface area (Å²) < 4.78 is 21.2. The van der Waals surface area contributed by atoms with Gasteiger partial charge in [-0.3, -0.25) is 0 Å². The zero-order chi connectivity index (χ0) is 13.3. The molecule has 3 heteroatoms. The molecule has 2 rings (SSSR count). The fourth-order valence-electron chi connectivity index (χ4n) is 2.10. The molecule has 0 aliphatic carbocycles. The molecule has 0 saturated heterocycles. The van der Waals surface area contributed by atoms with Crippen LogP contribution < -0.4 is 0 Å². The summed E-state index contributed by atoms with van der Waals surface area (Å²) >= 11 is 0. The van der Waals surface area contributed by atoms with E-state index in [9.17, 15) is 4.39 Å². The molecule has 2 aromatic rings. The molecule has 98 valence electrons. The highest BCUT2D eigenvalue weighted by Gasteiger charge is 2.11. The van der Waals surface area contributed by atoms with E-state index in [0.717, 1.165) is 16.5 Å². The van der Waals surface area contributed by atoms with Crippen LogP contribution in [0.1, 0.15) is 39.3 Å². The van der Waals surface area contributed by atoms with Crippen LogP contribution in [0.5, 0.6) is 0 Å². The molecule has 0 N–H and O–H groups in total. The summed E-state index contributed by atoms with van der Waals surface area (Å²) in [5, 5.41) is 0.948. The number of aromatic nitrogens is 1. The average molecular weight is 249 g/mol. The predicted octanol–water partition coefficient (Wildman–Crippen LogP) is 4.29. The fraction of sp³-hybridized carbons (Fsp3) is 0.467. The monoisotopic (exact) mass is 249 g/mol. The summed E-state index contributed by atoms with van der Waals surface area (Å²) in [5.41, 5.74) is 2.11. The van der Waals surface area contributed by atoms with E-state index in [-0.39, 0.29) is 11.9 Å². The molecule has 0 spiro atoms. The molecule has 0 atom stereocenters. The maximum Gasteiger partial charge on any atom is 0.123 e. The molecule has 1 aromatic carbocycles. The minimum absolute atomic E-state index is 0.177. The Morgan fingerprint density at radius 3 is 2.56 bits per heavy atom. The van der Waals surface area contributed by atoms with Crippen LogP contribution in [-0.2, 0) is 11.3 Å². The molecule has 1 aromatic heterocycles. The molecule has 0 aliphatic heterocycles. The Hall–Kier alpha value is -1.35. The third kappa shape index (κ3) is 2.56. The van der Waals surface area contributed by atoms with Crippen LogP contribution in [0.25, 0.3) is 10.9 Å². The molecular formula is C15H20FNO.